The topological polar surface area (TPSA) is 21.5 Å². The zero-order valence-electron chi connectivity index (χ0n) is 9.38. The van der Waals surface area contributed by atoms with E-state index in [1.165, 1.54) is 16.0 Å². The molecule has 0 radical (unpaired) electrons. The van der Waals surface area contributed by atoms with Crippen molar-refractivity contribution in [3.8, 4) is 10.4 Å². The average molecular weight is 241 g/mol. The summed E-state index contributed by atoms with van der Waals surface area (Å²) in [5, 5.41) is 2.15. The molecule has 0 amide bonds. The summed E-state index contributed by atoms with van der Waals surface area (Å²) in [6, 6.07) is 8.01. The molecular formula is C14H11NOS. The lowest BCUT2D eigenvalue weighted by Gasteiger charge is -1.93. The quantitative estimate of drug-likeness (QED) is 0.625. The van der Waals surface area contributed by atoms with Crippen LogP contribution in [0.1, 0.15) is 15.9 Å². The molecule has 0 fully saturated rings. The largest absolute Gasteiger partial charge is 0.323 e. The Kier molecular flexibility index (Phi) is 2.34. The smallest absolute Gasteiger partial charge is 0.150 e. The van der Waals surface area contributed by atoms with E-state index in [9.17, 15) is 4.79 Å². The molecule has 0 bridgehead atoms. The maximum atomic E-state index is 10.7. The standard InChI is InChI=1S/C14H11NOS/c1-10-4-14(17-9-10)12-6-13-5-11(8-16)2-3-15(13)7-12/h2-9H,1H3. The van der Waals surface area contributed by atoms with E-state index in [0.29, 0.717) is 5.56 Å². The lowest BCUT2D eigenvalue weighted by atomic mass is 10.2. The number of fused-ring (bicyclic) bond motifs is 1. The van der Waals surface area contributed by atoms with Gasteiger partial charge in [-0.15, -0.1) is 11.3 Å². The molecule has 17 heavy (non-hydrogen) atoms. The van der Waals surface area contributed by atoms with Gasteiger partial charge < -0.3 is 4.40 Å². The molecular weight excluding hydrogens is 230 g/mol. The van der Waals surface area contributed by atoms with E-state index in [2.05, 4.69) is 30.6 Å². The predicted molar refractivity (Wildman–Crippen MR) is 70.8 cm³/mol. The van der Waals surface area contributed by atoms with Crippen LogP contribution in [0.4, 0.5) is 0 Å². The van der Waals surface area contributed by atoms with Gasteiger partial charge in [-0.05, 0) is 42.1 Å². The lowest BCUT2D eigenvalue weighted by Crippen LogP contribution is -1.84. The third kappa shape index (κ3) is 1.78. The molecule has 0 saturated carbocycles. The van der Waals surface area contributed by atoms with Gasteiger partial charge in [0.1, 0.15) is 6.29 Å². The third-order valence-corrected chi connectivity index (χ3v) is 3.87. The number of carbonyl (C=O) groups is 1. The Balaban J connectivity index is 2.16. The molecule has 0 aliphatic heterocycles. The lowest BCUT2D eigenvalue weighted by molar-refractivity contribution is 0.112. The van der Waals surface area contributed by atoms with Crippen LogP contribution in [0.2, 0.25) is 0 Å². The number of thiophene rings is 1. The second-order valence-electron chi connectivity index (χ2n) is 4.13. The van der Waals surface area contributed by atoms with Gasteiger partial charge in [0.15, 0.2) is 0 Å². The third-order valence-electron chi connectivity index (χ3n) is 2.77. The van der Waals surface area contributed by atoms with Crippen LogP contribution in [-0.4, -0.2) is 10.7 Å². The second-order valence-corrected chi connectivity index (χ2v) is 5.04. The summed E-state index contributed by atoms with van der Waals surface area (Å²) in [5.41, 5.74) is 4.25. The van der Waals surface area contributed by atoms with Gasteiger partial charge in [-0.1, -0.05) is 0 Å². The zero-order valence-corrected chi connectivity index (χ0v) is 10.2. The SMILES string of the molecule is Cc1csc(-c2cc3cc(C=O)ccn3c2)c1. The Hall–Kier alpha value is -1.87. The minimum Gasteiger partial charge on any atom is -0.323 e. The summed E-state index contributed by atoms with van der Waals surface area (Å²) in [4.78, 5) is 12.0. The predicted octanol–water partition coefficient (Wildman–Crippen LogP) is 3.79. The first-order valence-electron chi connectivity index (χ1n) is 5.39. The van der Waals surface area contributed by atoms with Crippen molar-refractivity contribution in [2.45, 2.75) is 6.92 Å². The Morgan fingerprint density at radius 3 is 2.88 bits per heavy atom. The Labute approximate surface area is 103 Å². The molecule has 3 aromatic heterocycles. The van der Waals surface area contributed by atoms with E-state index in [1.54, 1.807) is 11.3 Å². The van der Waals surface area contributed by atoms with Gasteiger partial charge in [0.05, 0.1) is 0 Å². The van der Waals surface area contributed by atoms with Crippen molar-refractivity contribution in [1.29, 1.82) is 0 Å². The first kappa shape index (κ1) is 10.3. The summed E-state index contributed by atoms with van der Waals surface area (Å²) in [6.45, 7) is 2.10. The normalized spacial score (nSPS) is 10.9. The highest BCUT2D eigenvalue weighted by atomic mass is 32.1. The molecule has 0 spiro atoms. The van der Waals surface area contributed by atoms with Crippen LogP contribution in [0, 0.1) is 6.92 Å². The fraction of sp³-hybridized carbons (Fsp3) is 0.0714. The van der Waals surface area contributed by atoms with Crippen molar-refractivity contribution >= 4 is 23.1 Å². The molecule has 3 aromatic rings. The minimum atomic E-state index is 0.713. The van der Waals surface area contributed by atoms with E-state index in [1.807, 2.05) is 22.7 Å². The van der Waals surface area contributed by atoms with Crippen LogP contribution < -0.4 is 0 Å². The second kappa shape index (κ2) is 3.86. The molecule has 0 aliphatic carbocycles. The fourth-order valence-electron chi connectivity index (χ4n) is 1.92. The van der Waals surface area contributed by atoms with Gasteiger partial charge in [0.25, 0.3) is 0 Å². The summed E-state index contributed by atoms with van der Waals surface area (Å²) in [7, 11) is 0. The van der Waals surface area contributed by atoms with Gasteiger partial charge in [0.2, 0.25) is 0 Å². The summed E-state index contributed by atoms with van der Waals surface area (Å²) < 4.78 is 2.04. The first-order valence-corrected chi connectivity index (χ1v) is 6.27. The molecule has 0 saturated heterocycles. The highest BCUT2D eigenvalue weighted by Crippen LogP contribution is 2.28. The number of aryl methyl sites for hydroxylation is 1. The number of pyridine rings is 1. The van der Waals surface area contributed by atoms with Crippen molar-refractivity contribution in [2.24, 2.45) is 0 Å². The monoisotopic (exact) mass is 241 g/mol. The van der Waals surface area contributed by atoms with E-state index < -0.39 is 0 Å². The Morgan fingerprint density at radius 2 is 2.18 bits per heavy atom. The van der Waals surface area contributed by atoms with Gasteiger partial charge in [0, 0.05) is 33.9 Å². The molecule has 3 rings (SSSR count). The van der Waals surface area contributed by atoms with Gasteiger partial charge in [-0.3, -0.25) is 4.79 Å². The van der Waals surface area contributed by atoms with E-state index in [0.717, 1.165) is 11.8 Å². The van der Waals surface area contributed by atoms with Gasteiger partial charge in [-0.25, -0.2) is 0 Å². The number of rotatable bonds is 2. The highest BCUT2D eigenvalue weighted by Gasteiger charge is 2.04. The number of hydrogen-bond donors (Lipinski definition) is 0. The number of aldehydes is 1. The molecule has 2 nitrogen and oxygen atoms in total. The summed E-state index contributed by atoms with van der Waals surface area (Å²) >= 11 is 1.74. The van der Waals surface area contributed by atoms with E-state index in [4.69, 9.17) is 0 Å². The molecule has 0 N–H and O–H groups in total. The van der Waals surface area contributed by atoms with Crippen molar-refractivity contribution in [3.63, 3.8) is 0 Å². The van der Waals surface area contributed by atoms with Crippen LogP contribution in [0.15, 0.2) is 42.0 Å². The molecule has 0 aliphatic rings. The maximum absolute atomic E-state index is 10.7. The minimum absolute atomic E-state index is 0.713. The van der Waals surface area contributed by atoms with Crippen molar-refractivity contribution < 1.29 is 4.79 Å². The summed E-state index contributed by atoms with van der Waals surface area (Å²) in [5.74, 6) is 0. The van der Waals surface area contributed by atoms with Crippen LogP contribution in [0.25, 0.3) is 16.0 Å². The van der Waals surface area contributed by atoms with Crippen LogP contribution >= 0.6 is 11.3 Å². The molecule has 0 unspecified atom stereocenters. The van der Waals surface area contributed by atoms with Crippen LogP contribution in [-0.2, 0) is 0 Å². The highest BCUT2D eigenvalue weighted by molar-refractivity contribution is 7.13. The average Bonchev–Trinajstić information content (AvgIpc) is 2.93. The zero-order chi connectivity index (χ0) is 11.8. The number of nitrogens with zero attached hydrogens (tertiary/aromatic N) is 1. The van der Waals surface area contributed by atoms with Crippen molar-refractivity contribution in [1.82, 2.24) is 4.40 Å². The van der Waals surface area contributed by atoms with Crippen LogP contribution in [0.3, 0.4) is 0 Å². The van der Waals surface area contributed by atoms with Gasteiger partial charge >= 0.3 is 0 Å². The number of hydrogen-bond acceptors (Lipinski definition) is 2. The first-order chi connectivity index (χ1) is 8.26. The Morgan fingerprint density at radius 1 is 1.29 bits per heavy atom. The van der Waals surface area contributed by atoms with Crippen molar-refractivity contribution in [2.75, 3.05) is 0 Å². The molecule has 3 heteroatoms. The fourth-order valence-corrected chi connectivity index (χ4v) is 2.80. The number of carbonyl (C=O) groups excluding carboxylic acids is 1. The molecule has 0 aromatic carbocycles. The number of aromatic nitrogens is 1. The van der Waals surface area contributed by atoms with Crippen molar-refractivity contribution in [3.05, 3.63) is 53.2 Å². The molecule has 3 heterocycles. The van der Waals surface area contributed by atoms with E-state index in [-0.39, 0.29) is 0 Å². The Bertz CT molecular complexity index is 693. The summed E-state index contributed by atoms with van der Waals surface area (Å²) in [6.07, 6.45) is 4.89. The molecule has 84 valence electrons. The van der Waals surface area contributed by atoms with E-state index >= 15 is 0 Å². The van der Waals surface area contributed by atoms with Crippen LogP contribution in [0.5, 0.6) is 0 Å². The molecule has 0 atom stereocenters. The van der Waals surface area contributed by atoms with Gasteiger partial charge in [-0.2, -0.15) is 0 Å². The maximum Gasteiger partial charge on any atom is 0.150 e.